The summed E-state index contributed by atoms with van der Waals surface area (Å²) in [6.45, 7) is 25.7. The second-order valence-corrected chi connectivity index (χ2v) is 17.5. The highest BCUT2D eigenvalue weighted by atomic mass is 15.3. The molecule has 0 aromatic rings. The maximum atomic E-state index is 2.56. The molecular formula is C36H74N2+2. The van der Waals surface area contributed by atoms with E-state index >= 15 is 0 Å². The molecule has 2 aliphatic rings. The molecule has 0 aromatic carbocycles. The summed E-state index contributed by atoms with van der Waals surface area (Å²) in [7, 11) is 9.94. The molecule has 0 bridgehead atoms. The molecule has 0 aliphatic heterocycles. The van der Waals surface area contributed by atoms with Crippen LogP contribution in [0.2, 0.25) is 0 Å². The van der Waals surface area contributed by atoms with Gasteiger partial charge in [-0.05, 0) is 97.7 Å². The van der Waals surface area contributed by atoms with Crippen LogP contribution in [-0.4, -0.2) is 63.3 Å². The van der Waals surface area contributed by atoms with Crippen molar-refractivity contribution in [3.8, 4) is 0 Å². The summed E-state index contributed by atoms with van der Waals surface area (Å²) in [5.41, 5.74) is 1.06. The molecule has 2 heteroatoms. The van der Waals surface area contributed by atoms with Gasteiger partial charge in [0, 0.05) is 0 Å². The Labute approximate surface area is 241 Å². The van der Waals surface area contributed by atoms with E-state index < -0.39 is 0 Å². The molecule has 6 atom stereocenters. The second kappa shape index (κ2) is 14.2. The highest BCUT2D eigenvalue weighted by Gasteiger charge is 2.41. The van der Waals surface area contributed by atoms with E-state index in [0.717, 1.165) is 35.5 Å². The summed E-state index contributed by atoms with van der Waals surface area (Å²) >= 11 is 0. The number of nitrogens with zero attached hydrogens (tertiary/aromatic N) is 2. The predicted molar refractivity (Wildman–Crippen MR) is 170 cm³/mol. The maximum Gasteiger partial charge on any atom is 0.0785 e. The van der Waals surface area contributed by atoms with Gasteiger partial charge in [-0.3, -0.25) is 0 Å². The van der Waals surface area contributed by atoms with Gasteiger partial charge in [-0.15, -0.1) is 0 Å². The lowest BCUT2D eigenvalue weighted by atomic mass is 9.59. The number of hydrogen-bond acceptors (Lipinski definition) is 0. The Kier molecular flexibility index (Phi) is 12.8. The Morgan fingerprint density at radius 3 is 1.24 bits per heavy atom. The normalized spacial score (nSPS) is 29.7. The molecule has 38 heavy (non-hydrogen) atoms. The minimum Gasteiger partial charge on any atom is -0.328 e. The standard InChI is InChI=1S/C36H74N2/c1-29-19-17-23-35(5,6)33(29)31(3)21-27-37(9,10)25-15-13-14-16-26-38(11,12)28-22-32(4)34-30(2)20-18-24-36(34,7)8/h29-34H,13-28H2,1-12H3/q+2. The molecule has 0 saturated heterocycles. The first-order chi connectivity index (χ1) is 17.5. The van der Waals surface area contributed by atoms with Crippen LogP contribution in [0.25, 0.3) is 0 Å². The molecular weight excluding hydrogens is 460 g/mol. The topological polar surface area (TPSA) is 0 Å². The minimum atomic E-state index is 0.531. The zero-order chi connectivity index (χ0) is 28.8. The maximum absolute atomic E-state index is 2.56. The SMILES string of the molecule is CC1CCCC(C)(C)C1C(C)CC[N+](C)(C)CCCCCC[N+](C)(C)CCC(C)C1C(C)CCCC1(C)C. The van der Waals surface area contributed by atoms with Crippen molar-refractivity contribution in [1.29, 1.82) is 0 Å². The van der Waals surface area contributed by atoms with E-state index in [1.54, 1.807) is 0 Å². The largest absolute Gasteiger partial charge is 0.328 e. The van der Waals surface area contributed by atoms with Crippen LogP contribution in [0.1, 0.15) is 132 Å². The van der Waals surface area contributed by atoms with E-state index in [0.29, 0.717) is 10.8 Å². The first kappa shape index (κ1) is 34.1. The van der Waals surface area contributed by atoms with Crippen LogP contribution >= 0.6 is 0 Å². The molecule has 0 amide bonds. The summed E-state index contributed by atoms with van der Waals surface area (Å²) in [5.74, 6) is 5.31. The second-order valence-electron chi connectivity index (χ2n) is 17.5. The third-order valence-corrected chi connectivity index (χ3v) is 11.9. The number of hydrogen-bond donors (Lipinski definition) is 0. The Morgan fingerprint density at radius 2 is 0.921 bits per heavy atom. The van der Waals surface area contributed by atoms with Gasteiger partial charge < -0.3 is 8.97 Å². The number of rotatable bonds is 15. The van der Waals surface area contributed by atoms with Gasteiger partial charge in [0.15, 0.2) is 0 Å². The fourth-order valence-electron chi connectivity index (χ4n) is 9.78. The lowest BCUT2D eigenvalue weighted by Gasteiger charge is -2.47. The van der Waals surface area contributed by atoms with Crippen LogP contribution in [0.4, 0.5) is 0 Å². The van der Waals surface area contributed by atoms with Gasteiger partial charge in [0.05, 0.1) is 54.4 Å². The first-order valence-corrected chi connectivity index (χ1v) is 17.1. The zero-order valence-corrected chi connectivity index (χ0v) is 28.7. The highest BCUT2D eigenvalue weighted by Crippen LogP contribution is 2.49. The van der Waals surface area contributed by atoms with Gasteiger partial charge in [-0.25, -0.2) is 0 Å². The zero-order valence-electron chi connectivity index (χ0n) is 28.7. The third kappa shape index (κ3) is 10.4. The van der Waals surface area contributed by atoms with Gasteiger partial charge in [0.2, 0.25) is 0 Å². The molecule has 0 spiro atoms. The summed E-state index contributed by atoms with van der Waals surface area (Å²) in [5, 5.41) is 0. The van der Waals surface area contributed by atoms with Crippen molar-refractivity contribution in [3.63, 3.8) is 0 Å². The Hall–Kier alpha value is -0.0800. The van der Waals surface area contributed by atoms with E-state index in [-0.39, 0.29) is 0 Å². The van der Waals surface area contributed by atoms with Gasteiger partial charge in [-0.2, -0.15) is 0 Å². The molecule has 2 aliphatic carbocycles. The van der Waals surface area contributed by atoms with Crippen molar-refractivity contribution < 1.29 is 8.97 Å². The average Bonchev–Trinajstić information content (AvgIpc) is 2.77. The fraction of sp³-hybridized carbons (Fsp3) is 1.00. The Bertz CT molecular complexity index is 617. The van der Waals surface area contributed by atoms with E-state index in [2.05, 4.69) is 83.6 Å². The number of unbranched alkanes of at least 4 members (excludes halogenated alkanes) is 3. The summed E-state index contributed by atoms with van der Waals surface area (Å²) < 4.78 is 2.42. The molecule has 2 saturated carbocycles. The van der Waals surface area contributed by atoms with Crippen molar-refractivity contribution in [1.82, 2.24) is 0 Å². The van der Waals surface area contributed by atoms with Crippen LogP contribution in [0.5, 0.6) is 0 Å². The van der Waals surface area contributed by atoms with Crippen molar-refractivity contribution in [2.24, 2.45) is 46.3 Å². The third-order valence-electron chi connectivity index (χ3n) is 11.9. The lowest BCUT2D eigenvalue weighted by Crippen LogP contribution is -2.44. The highest BCUT2D eigenvalue weighted by molar-refractivity contribution is 4.90. The molecule has 2 nitrogen and oxygen atoms in total. The molecule has 0 radical (unpaired) electrons. The van der Waals surface area contributed by atoms with Crippen molar-refractivity contribution in [2.45, 2.75) is 132 Å². The Balaban J connectivity index is 1.64. The van der Waals surface area contributed by atoms with Crippen LogP contribution < -0.4 is 0 Å². The Morgan fingerprint density at radius 1 is 0.579 bits per heavy atom. The average molecular weight is 535 g/mol. The van der Waals surface area contributed by atoms with Crippen molar-refractivity contribution in [3.05, 3.63) is 0 Å². The van der Waals surface area contributed by atoms with Crippen LogP contribution in [0.3, 0.4) is 0 Å². The van der Waals surface area contributed by atoms with Gasteiger partial charge in [0.25, 0.3) is 0 Å². The molecule has 6 unspecified atom stereocenters. The fourth-order valence-corrected chi connectivity index (χ4v) is 9.78. The molecule has 2 rings (SSSR count). The van der Waals surface area contributed by atoms with Gasteiger partial charge in [-0.1, -0.05) is 81.1 Å². The van der Waals surface area contributed by atoms with E-state index in [4.69, 9.17) is 0 Å². The summed E-state index contributed by atoms with van der Waals surface area (Å²) in [6, 6.07) is 0. The quantitative estimate of drug-likeness (QED) is 0.145. The molecule has 0 N–H and O–H groups in total. The molecule has 0 heterocycles. The molecule has 226 valence electrons. The van der Waals surface area contributed by atoms with Crippen LogP contribution in [-0.2, 0) is 0 Å². The van der Waals surface area contributed by atoms with E-state index in [1.807, 2.05) is 0 Å². The van der Waals surface area contributed by atoms with Crippen molar-refractivity contribution in [2.75, 3.05) is 54.4 Å². The van der Waals surface area contributed by atoms with Crippen molar-refractivity contribution >= 4 is 0 Å². The lowest BCUT2D eigenvalue weighted by molar-refractivity contribution is -0.891. The predicted octanol–water partition coefficient (Wildman–Crippen LogP) is 9.68. The van der Waals surface area contributed by atoms with E-state index in [9.17, 15) is 0 Å². The monoisotopic (exact) mass is 535 g/mol. The van der Waals surface area contributed by atoms with Gasteiger partial charge >= 0.3 is 0 Å². The molecule has 2 fully saturated rings. The smallest absolute Gasteiger partial charge is 0.0785 e. The summed E-state index contributed by atoms with van der Waals surface area (Å²) in [4.78, 5) is 0. The number of quaternary nitrogens is 2. The first-order valence-electron chi connectivity index (χ1n) is 17.1. The molecule has 0 aromatic heterocycles. The van der Waals surface area contributed by atoms with Gasteiger partial charge in [0.1, 0.15) is 0 Å². The minimum absolute atomic E-state index is 0.531. The van der Waals surface area contributed by atoms with Crippen LogP contribution in [0, 0.1) is 46.3 Å². The van der Waals surface area contributed by atoms with E-state index in [1.165, 1.54) is 112 Å². The van der Waals surface area contributed by atoms with Crippen LogP contribution in [0.15, 0.2) is 0 Å². The summed E-state index contributed by atoms with van der Waals surface area (Å²) in [6.07, 6.45) is 17.0.